The Morgan fingerprint density at radius 2 is 2.05 bits per heavy atom. The zero-order valence-electron chi connectivity index (χ0n) is 9.90. The highest BCUT2D eigenvalue weighted by Crippen LogP contribution is 2.31. The van der Waals surface area contributed by atoms with E-state index in [9.17, 15) is 4.79 Å². The summed E-state index contributed by atoms with van der Waals surface area (Å²) in [6.07, 6.45) is 1.73. The number of primary amides is 1. The fourth-order valence-corrected chi connectivity index (χ4v) is 1.96. The van der Waals surface area contributed by atoms with Crippen molar-refractivity contribution in [1.29, 1.82) is 0 Å². The quantitative estimate of drug-likeness (QED) is 0.569. The lowest BCUT2D eigenvalue weighted by Crippen LogP contribution is -2.06. The molecular weight excluding hydrogens is 240 g/mol. The predicted octanol–water partition coefficient (Wildman–Crippen LogP) is 1.35. The Balaban J connectivity index is 2.15. The summed E-state index contributed by atoms with van der Waals surface area (Å²) in [4.78, 5) is 15.1. The van der Waals surface area contributed by atoms with E-state index in [2.05, 4.69) is 27.0 Å². The second kappa shape index (κ2) is 4.35. The van der Waals surface area contributed by atoms with Gasteiger partial charge in [-0.25, -0.2) is 0 Å². The molecule has 1 amide bonds. The summed E-state index contributed by atoms with van der Waals surface area (Å²) in [6, 6.07) is 9.39. The Labute approximate surface area is 109 Å². The molecule has 0 saturated heterocycles. The van der Waals surface area contributed by atoms with Crippen molar-refractivity contribution in [3.8, 4) is 34.5 Å². The number of aromatic nitrogens is 3. The number of carbonyl (C=O) groups excluding carboxylic acids is 1. The molecule has 19 heavy (non-hydrogen) atoms. The third kappa shape index (κ3) is 1.96. The first-order chi connectivity index (χ1) is 9.25. The number of hydrogen-bond acceptors (Lipinski definition) is 2. The number of carbonyl (C=O) groups is 1. The Morgan fingerprint density at radius 1 is 1.21 bits per heavy atom. The van der Waals surface area contributed by atoms with E-state index in [-0.39, 0.29) is 0 Å². The molecule has 0 unspecified atom stereocenters. The zero-order chi connectivity index (χ0) is 13.2. The summed E-state index contributed by atoms with van der Waals surface area (Å²) in [5.74, 6) is 4.47. The standard InChI is InChI=1S/C14H10N4O/c15-12(19)6-5-9-3-1-2-4-10(9)13-14-11(17-18-13)7-8-16-14/h1-4,7-8,17-18H,(H2,15,19). The molecule has 0 aliphatic carbocycles. The first kappa shape index (κ1) is 11.1. The fourth-order valence-electron chi connectivity index (χ4n) is 1.96. The fraction of sp³-hybridized carbons (Fsp3) is 0. The molecule has 92 valence electrons. The molecule has 5 heteroatoms. The first-order valence-corrected chi connectivity index (χ1v) is 5.67. The van der Waals surface area contributed by atoms with Crippen LogP contribution in [0, 0.1) is 11.8 Å². The summed E-state index contributed by atoms with van der Waals surface area (Å²) >= 11 is 0. The van der Waals surface area contributed by atoms with Crippen molar-refractivity contribution in [1.82, 2.24) is 15.2 Å². The van der Waals surface area contributed by atoms with Crippen LogP contribution in [0.3, 0.4) is 0 Å². The molecule has 0 fully saturated rings. The summed E-state index contributed by atoms with van der Waals surface area (Å²) in [5, 5.41) is 6.10. The highest BCUT2D eigenvalue weighted by molar-refractivity contribution is 5.93. The molecule has 2 heterocycles. The van der Waals surface area contributed by atoms with Crippen molar-refractivity contribution < 1.29 is 4.79 Å². The number of benzene rings is 1. The molecule has 2 aliphatic rings. The van der Waals surface area contributed by atoms with Gasteiger partial charge in [-0.15, -0.1) is 0 Å². The minimum absolute atomic E-state index is 0.649. The van der Waals surface area contributed by atoms with E-state index in [4.69, 9.17) is 5.73 Å². The number of hydrogen-bond donors (Lipinski definition) is 3. The molecule has 1 aromatic carbocycles. The first-order valence-electron chi connectivity index (χ1n) is 5.67. The molecule has 0 radical (unpaired) electrons. The topological polar surface area (TPSA) is 87.6 Å². The largest absolute Gasteiger partial charge is 0.359 e. The molecule has 5 nitrogen and oxygen atoms in total. The second-order valence-electron chi connectivity index (χ2n) is 3.99. The lowest BCUT2D eigenvalue weighted by molar-refractivity contribution is -0.112. The average molecular weight is 250 g/mol. The highest BCUT2D eigenvalue weighted by atomic mass is 16.1. The number of amides is 1. The Morgan fingerprint density at radius 3 is 2.89 bits per heavy atom. The van der Waals surface area contributed by atoms with E-state index in [0.29, 0.717) is 0 Å². The molecule has 0 bridgehead atoms. The number of aromatic amines is 2. The van der Waals surface area contributed by atoms with Crippen LogP contribution in [-0.4, -0.2) is 21.1 Å². The maximum atomic E-state index is 10.8. The van der Waals surface area contributed by atoms with Gasteiger partial charge in [-0.05, 0) is 12.1 Å². The van der Waals surface area contributed by atoms with Crippen LogP contribution in [0.1, 0.15) is 5.56 Å². The van der Waals surface area contributed by atoms with Crippen LogP contribution in [-0.2, 0) is 4.79 Å². The van der Waals surface area contributed by atoms with E-state index < -0.39 is 5.91 Å². The van der Waals surface area contributed by atoms with Crippen LogP contribution in [0.15, 0.2) is 36.5 Å². The van der Waals surface area contributed by atoms with Gasteiger partial charge in [0.05, 0.1) is 11.4 Å². The summed E-state index contributed by atoms with van der Waals surface area (Å²) < 4.78 is 0. The molecule has 0 aromatic heterocycles. The number of rotatable bonds is 1. The van der Waals surface area contributed by atoms with Gasteiger partial charge in [0.25, 0.3) is 5.91 Å². The summed E-state index contributed by atoms with van der Waals surface area (Å²) in [6.45, 7) is 0. The number of nitrogens with one attached hydrogen (secondary N) is 2. The number of nitrogens with zero attached hydrogens (tertiary/aromatic N) is 1. The maximum Gasteiger partial charge on any atom is 0.293 e. The van der Waals surface area contributed by atoms with E-state index in [0.717, 1.165) is 28.2 Å². The van der Waals surface area contributed by atoms with Gasteiger partial charge in [-0.3, -0.25) is 20.0 Å². The van der Waals surface area contributed by atoms with Gasteiger partial charge < -0.3 is 5.73 Å². The lowest BCUT2D eigenvalue weighted by Gasteiger charge is -2.02. The van der Waals surface area contributed by atoms with Crippen LogP contribution in [0.5, 0.6) is 0 Å². The van der Waals surface area contributed by atoms with Crippen molar-refractivity contribution in [3.05, 3.63) is 42.1 Å². The molecule has 4 N–H and O–H groups in total. The van der Waals surface area contributed by atoms with Gasteiger partial charge in [-0.1, -0.05) is 24.1 Å². The van der Waals surface area contributed by atoms with Gasteiger partial charge in [0.1, 0.15) is 5.69 Å². The zero-order valence-corrected chi connectivity index (χ0v) is 9.90. The van der Waals surface area contributed by atoms with Gasteiger partial charge in [0, 0.05) is 23.2 Å². The predicted molar refractivity (Wildman–Crippen MR) is 71.1 cm³/mol. The third-order valence-electron chi connectivity index (χ3n) is 2.78. The van der Waals surface area contributed by atoms with E-state index in [1.54, 1.807) is 6.20 Å². The van der Waals surface area contributed by atoms with Gasteiger partial charge >= 0.3 is 0 Å². The third-order valence-corrected chi connectivity index (χ3v) is 2.78. The number of nitrogens with two attached hydrogens (primary N) is 1. The van der Waals surface area contributed by atoms with Gasteiger partial charge in [-0.2, -0.15) is 0 Å². The van der Waals surface area contributed by atoms with Crippen LogP contribution in [0.2, 0.25) is 0 Å². The Hall–Kier alpha value is -3.00. The van der Waals surface area contributed by atoms with Gasteiger partial charge in [0.15, 0.2) is 0 Å². The highest BCUT2D eigenvalue weighted by Gasteiger charge is 2.15. The lowest BCUT2D eigenvalue weighted by atomic mass is 10.0. The number of H-pyrrole nitrogens is 2. The molecule has 1 aromatic rings. The van der Waals surface area contributed by atoms with Crippen molar-refractivity contribution in [2.45, 2.75) is 0 Å². The maximum absolute atomic E-state index is 10.8. The molecular formula is C14H10N4O. The summed E-state index contributed by atoms with van der Waals surface area (Å²) in [7, 11) is 0. The molecule has 0 saturated carbocycles. The monoisotopic (exact) mass is 250 g/mol. The Kier molecular flexibility index (Phi) is 2.54. The molecule has 3 rings (SSSR count). The smallest absolute Gasteiger partial charge is 0.293 e. The average Bonchev–Trinajstić information content (AvgIpc) is 2.99. The van der Waals surface area contributed by atoms with Crippen molar-refractivity contribution in [2.24, 2.45) is 5.73 Å². The minimum atomic E-state index is -0.649. The minimum Gasteiger partial charge on any atom is -0.359 e. The normalized spacial score (nSPS) is 10.1. The van der Waals surface area contributed by atoms with Crippen molar-refractivity contribution >= 4 is 5.91 Å². The van der Waals surface area contributed by atoms with Crippen LogP contribution >= 0.6 is 0 Å². The summed E-state index contributed by atoms with van der Waals surface area (Å²) in [5.41, 5.74) is 9.25. The van der Waals surface area contributed by atoms with E-state index in [1.807, 2.05) is 30.3 Å². The molecule has 0 atom stereocenters. The second-order valence-corrected chi connectivity index (χ2v) is 3.99. The van der Waals surface area contributed by atoms with Crippen molar-refractivity contribution in [3.63, 3.8) is 0 Å². The number of fused-ring (bicyclic) bond motifs is 1. The SMILES string of the molecule is NC(=O)C#Cc1ccccc1-c1[nH][nH]c2ccnc1-2. The molecule has 0 spiro atoms. The van der Waals surface area contributed by atoms with Crippen molar-refractivity contribution in [2.75, 3.05) is 0 Å². The van der Waals surface area contributed by atoms with Crippen LogP contribution in [0.25, 0.3) is 22.6 Å². The van der Waals surface area contributed by atoms with Gasteiger partial charge in [0.2, 0.25) is 0 Å². The Bertz CT molecular complexity index is 772. The van der Waals surface area contributed by atoms with E-state index >= 15 is 0 Å². The van der Waals surface area contributed by atoms with Crippen LogP contribution in [0.4, 0.5) is 0 Å². The van der Waals surface area contributed by atoms with Crippen LogP contribution < -0.4 is 5.73 Å². The van der Waals surface area contributed by atoms with E-state index in [1.165, 1.54) is 0 Å². The molecule has 2 aliphatic heterocycles.